The Labute approximate surface area is 149 Å². The Morgan fingerprint density at radius 2 is 1.85 bits per heavy atom. The van der Waals surface area contributed by atoms with E-state index in [1.807, 2.05) is 40.9 Å². The van der Waals surface area contributed by atoms with E-state index in [1.165, 1.54) is 7.11 Å². The van der Waals surface area contributed by atoms with Crippen LogP contribution in [0.3, 0.4) is 0 Å². The Kier molecular flexibility index (Phi) is 3.85. The first-order valence-corrected chi connectivity index (χ1v) is 8.00. The maximum absolute atomic E-state index is 12.2. The van der Waals surface area contributed by atoms with E-state index in [0.29, 0.717) is 28.3 Å². The Morgan fingerprint density at radius 3 is 2.65 bits per heavy atom. The molecule has 6 heteroatoms. The summed E-state index contributed by atoms with van der Waals surface area (Å²) in [6.07, 6.45) is 3.46. The van der Waals surface area contributed by atoms with E-state index in [2.05, 4.69) is 4.98 Å². The summed E-state index contributed by atoms with van der Waals surface area (Å²) in [5.74, 6) is 0.182. The lowest BCUT2D eigenvalue weighted by atomic mass is 10.1. The first-order valence-electron chi connectivity index (χ1n) is 8.00. The second kappa shape index (κ2) is 6.33. The van der Waals surface area contributed by atoms with Crippen molar-refractivity contribution in [3.05, 3.63) is 72.6 Å². The van der Waals surface area contributed by atoms with Gasteiger partial charge in [-0.25, -0.2) is 9.78 Å². The minimum absolute atomic E-state index is 0.0455. The number of rotatable bonds is 3. The highest BCUT2D eigenvalue weighted by Gasteiger charge is 2.21. The Balaban J connectivity index is 2.03. The standard InChI is InChI=1S/C20H15N3O3/c1-26-20(25)14-8-3-2-7-13(14)19-22-17(15-9-4-5-12-23(15)19)18-16(24)10-6-11-21-18/h2-12,24H,1H3. The van der Waals surface area contributed by atoms with Crippen molar-refractivity contribution in [1.82, 2.24) is 14.4 Å². The Hall–Kier alpha value is -3.67. The average Bonchev–Trinajstić information content (AvgIpc) is 3.07. The molecular weight excluding hydrogens is 330 g/mol. The lowest BCUT2D eigenvalue weighted by Crippen LogP contribution is -2.04. The van der Waals surface area contributed by atoms with Crippen LogP contribution < -0.4 is 0 Å². The van der Waals surface area contributed by atoms with Gasteiger partial charge in [-0.15, -0.1) is 0 Å². The van der Waals surface area contributed by atoms with E-state index in [0.717, 1.165) is 5.52 Å². The molecule has 0 aliphatic heterocycles. The molecule has 0 aliphatic rings. The molecule has 0 saturated heterocycles. The zero-order chi connectivity index (χ0) is 18.1. The quantitative estimate of drug-likeness (QED) is 0.575. The summed E-state index contributed by atoms with van der Waals surface area (Å²) in [4.78, 5) is 21.1. The number of fused-ring (bicyclic) bond motifs is 1. The smallest absolute Gasteiger partial charge is 0.338 e. The summed E-state index contributed by atoms with van der Waals surface area (Å²) in [5, 5.41) is 10.2. The van der Waals surface area contributed by atoms with E-state index >= 15 is 0 Å². The fourth-order valence-electron chi connectivity index (χ4n) is 2.95. The van der Waals surface area contributed by atoms with Gasteiger partial charge in [0.1, 0.15) is 23.0 Å². The fraction of sp³-hybridized carbons (Fsp3) is 0.0500. The van der Waals surface area contributed by atoms with Crippen molar-refractivity contribution >= 4 is 11.5 Å². The number of aromatic hydroxyl groups is 1. The molecule has 0 unspecified atom stereocenters. The zero-order valence-electron chi connectivity index (χ0n) is 14.0. The molecule has 1 N–H and O–H groups in total. The summed E-state index contributed by atoms with van der Waals surface area (Å²) in [7, 11) is 1.35. The molecule has 0 radical (unpaired) electrons. The van der Waals surface area contributed by atoms with Gasteiger partial charge in [0.25, 0.3) is 0 Å². The number of aromatic nitrogens is 3. The molecular formula is C20H15N3O3. The number of ether oxygens (including phenoxy) is 1. The van der Waals surface area contributed by atoms with Crippen LogP contribution in [-0.4, -0.2) is 32.6 Å². The number of imidazole rings is 1. The lowest BCUT2D eigenvalue weighted by molar-refractivity contribution is 0.0601. The minimum Gasteiger partial charge on any atom is -0.506 e. The Bertz CT molecular complexity index is 1120. The number of methoxy groups -OCH3 is 1. The van der Waals surface area contributed by atoms with Crippen LogP contribution in [0.5, 0.6) is 5.75 Å². The third kappa shape index (κ3) is 2.48. The molecule has 3 heterocycles. The minimum atomic E-state index is -0.435. The van der Waals surface area contributed by atoms with Gasteiger partial charge in [0.15, 0.2) is 0 Å². The maximum atomic E-state index is 12.2. The topological polar surface area (TPSA) is 76.7 Å². The van der Waals surface area contributed by atoms with Gasteiger partial charge in [0.05, 0.1) is 18.2 Å². The number of esters is 1. The van der Waals surface area contributed by atoms with Crippen LogP contribution >= 0.6 is 0 Å². The molecule has 6 nitrogen and oxygen atoms in total. The van der Waals surface area contributed by atoms with E-state index in [1.54, 1.807) is 30.5 Å². The number of hydrogen-bond donors (Lipinski definition) is 1. The van der Waals surface area contributed by atoms with Crippen LogP contribution in [0, 0.1) is 0 Å². The second-order valence-corrected chi connectivity index (χ2v) is 5.65. The summed E-state index contributed by atoms with van der Waals surface area (Å²) in [5.41, 5.74) is 2.76. The normalized spacial score (nSPS) is 10.8. The number of carbonyl (C=O) groups is 1. The molecule has 26 heavy (non-hydrogen) atoms. The molecule has 0 amide bonds. The summed E-state index contributed by atoms with van der Waals surface area (Å²) < 4.78 is 6.76. The van der Waals surface area contributed by atoms with Gasteiger partial charge < -0.3 is 9.84 Å². The van der Waals surface area contributed by atoms with Gasteiger partial charge in [-0.1, -0.05) is 24.3 Å². The fourth-order valence-corrected chi connectivity index (χ4v) is 2.95. The van der Waals surface area contributed by atoms with Crippen molar-refractivity contribution in [1.29, 1.82) is 0 Å². The SMILES string of the molecule is COC(=O)c1ccccc1-c1nc(-c2ncccc2O)c2ccccn12. The number of pyridine rings is 2. The van der Waals surface area contributed by atoms with Gasteiger partial charge in [0, 0.05) is 18.0 Å². The third-order valence-electron chi connectivity index (χ3n) is 4.13. The Morgan fingerprint density at radius 1 is 1.04 bits per heavy atom. The largest absolute Gasteiger partial charge is 0.506 e. The van der Waals surface area contributed by atoms with Gasteiger partial charge in [-0.05, 0) is 30.3 Å². The van der Waals surface area contributed by atoms with Crippen molar-refractivity contribution in [3.8, 4) is 28.5 Å². The number of benzene rings is 1. The molecule has 0 saturated carbocycles. The highest BCUT2D eigenvalue weighted by molar-refractivity contribution is 5.97. The van der Waals surface area contributed by atoms with E-state index in [4.69, 9.17) is 9.72 Å². The molecule has 1 aromatic carbocycles. The molecule has 0 spiro atoms. The molecule has 4 aromatic rings. The van der Waals surface area contributed by atoms with Crippen molar-refractivity contribution in [2.75, 3.05) is 7.11 Å². The van der Waals surface area contributed by atoms with Crippen LogP contribution in [0.2, 0.25) is 0 Å². The predicted octanol–water partition coefficient (Wildman–Crippen LogP) is 3.56. The van der Waals surface area contributed by atoms with Crippen LogP contribution in [0.1, 0.15) is 10.4 Å². The number of carbonyl (C=O) groups excluding carboxylic acids is 1. The molecule has 0 atom stereocenters. The molecule has 0 aliphatic carbocycles. The number of hydrogen-bond acceptors (Lipinski definition) is 5. The molecule has 128 valence electrons. The van der Waals surface area contributed by atoms with Crippen molar-refractivity contribution in [3.63, 3.8) is 0 Å². The zero-order valence-corrected chi connectivity index (χ0v) is 14.0. The van der Waals surface area contributed by atoms with Crippen LogP contribution in [0.25, 0.3) is 28.3 Å². The summed E-state index contributed by atoms with van der Waals surface area (Å²) >= 11 is 0. The van der Waals surface area contributed by atoms with Crippen LogP contribution in [0.4, 0.5) is 0 Å². The first-order chi connectivity index (χ1) is 12.7. The highest BCUT2D eigenvalue weighted by Crippen LogP contribution is 2.33. The van der Waals surface area contributed by atoms with Crippen molar-refractivity contribution in [2.24, 2.45) is 0 Å². The predicted molar refractivity (Wildman–Crippen MR) is 96.9 cm³/mol. The van der Waals surface area contributed by atoms with E-state index < -0.39 is 5.97 Å². The van der Waals surface area contributed by atoms with Gasteiger partial charge in [-0.3, -0.25) is 9.38 Å². The van der Waals surface area contributed by atoms with Crippen LogP contribution in [-0.2, 0) is 4.74 Å². The maximum Gasteiger partial charge on any atom is 0.338 e. The monoisotopic (exact) mass is 345 g/mol. The van der Waals surface area contributed by atoms with Gasteiger partial charge in [0.2, 0.25) is 0 Å². The molecule has 4 rings (SSSR count). The summed E-state index contributed by atoms with van der Waals surface area (Å²) in [6, 6.07) is 16.0. The van der Waals surface area contributed by atoms with E-state index in [9.17, 15) is 9.90 Å². The lowest BCUT2D eigenvalue weighted by Gasteiger charge is -2.06. The van der Waals surface area contributed by atoms with Crippen LogP contribution in [0.15, 0.2) is 67.0 Å². The molecule has 0 bridgehead atoms. The van der Waals surface area contributed by atoms with Gasteiger partial charge in [-0.2, -0.15) is 0 Å². The molecule has 0 fully saturated rings. The third-order valence-corrected chi connectivity index (χ3v) is 4.13. The first kappa shape index (κ1) is 15.8. The van der Waals surface area contributed by atoms with Crippen molar-refractivity contribution < 1.29 is 14.6 Å². The van der Waals surface area contributed by atoms with E-state index in [-0.39, 0.29) is 5.75 Å². The second-order valence-electron chi connectivity index (χ2n) is 5.65. The van der Waals surface area contributed by atoms with Crippen molar-refractivity contribution in [2.45, 2.75) is 0 Å². The summed E-state index contributed by atoms with van der Waals surface area (Å²) in [6.45, 7) is 0. The highest BCUT2D eigenvalue weighted by atomic mass is 16.5. The molecule has 3 aromatic heterocycles. The average molecular weight is 345 g/mol. The number of nitrogens with zero attached hydrogens (tertiary/aromatic N) is 3. The van der Waals surface area contributed by atoms with Gasteiger partial charge >= 0.3 is 5.97 Å².